The third-order valence-corrected chi connectivity index (χ3v) is 2.99. The monoisotopic (exact) mass is 257 g/mol. The summed E-state index contributed by atoms with van der Waals surface area (Å²) in [6.45, 7) is 3.02. The number of fused-ring (bicyclic) bond motifs is 1. The minimum Gasteiger partial charge on any atom is -0.507 e. The van der Waals surface area contributed by atoms with Crippen molar-refractivity contribution in [1.29, 1.82) is 0 Å². The highest BCUT2D eigenvalue weighted by Gasteiger charge is 2.25. The Kier molecular flexibility index (Phi) is 3.25. The highest BCUT2D eigenvalue weighted by Crippen LogP contribution is 2.26. The average Bonchev–Trinajstić information content (AvgIpc) is 2.37. The Bertz CT molecular complexity index is 659. The van der Waals surface area contributed by atoms with Gasteiger partial charge in [-0.3, -0.25) is 4.99 Å². The summed E-state index contributed by atoms with van der Waals surface area (Å²) in [5, 5.41) is 20.7. The average molecular weight is 257 g/mol. The molecular weight excluding hydrogens is 242 g/mol. The zero-order valence-electron chi connectivity index (χ0n) is 10.8. The number of rotatable bonds is 3. The van der Waals surface area contributed by atoms with Crippen LogP contribution in [0, 0.1) is 0 Å². The molecule has 0 aliphatic rings. The zero-order chi connectivity index (χ0) is 14.0. The Morgan fingerprint density at radius 1 is 1.21 bits per heavy atom. The summed E-state index contributed by atoms with van der Waals surface area (Å²) >= 11 is 0. The number of benzene rings is 2. The highest BCUT2D eigenvalue weighted by molar-refractivity contribution is 6.03. The van der Waals surface area contributed by atoms with Crippen LogP contribution in [0.5, 0.6) is 5.75 Å². The van der Waals surface area contributed by atoms with E-state index in [1.54, 1.807) is 6.07 Å². The third-order valence-electron chi connectivity index (χ3n) is 2.99. The number of aliphatic carboxylic acids is 1. The predicted molar refractivity (Wildman–Crippen MR) is 74.9 cm³/mol. The van der Waals surface area contributed by atoms with E-state index < -0.39 is 11.5 Å². The number of phenols is 1. The quantitative estimate of drug-likeness (QED) is 0.831. The van der Waals surface area contributed by atoms with Crippen LogP contribution in [0.15, 0.2) is 41.4 Å². The fraction of sp³-hybridized carbons (Fsp3) is 0.200. The summed E-state index contributed by atoms with van der Waals surface area (Å²) < 4.78 is 0. The predicted octanol–water partition coefficient (Wildman–Crippen LogP) is 2.83. The molecule has 0 bridgehead atoms. The van der Waals surface area contributed by atoms with Gasteiger partial charge in [-0.05, 0) is 30.7 Å². The highest BCUT2D eigenvalue weighted by atomic mass is 16.4. The number of aliphatic imine (C=N–C) groups is 1. The van der Waals surface area contributed by atoms with Crippen molar-refractivity contribution in [2.45, 2.75) is 19.4 Å². The van der Waals surface area contributed by atoms with Gasteiger partial charge >= 0.3 is 5.97 Å². The van der Waals surface area contributed by atoms with Crippen molar-refractivity contribution in [2.24, 2.45) is 4.99 Å². The van der Waals surface area contributed by atoms with E-state index in [4.69, 9.17) is 5.11 Å². The second-order valence-electron chi connectivity index (χ2n) is 4.84. The lowest BCUT2D eigenvalue weighted by molar-refractivity contribution is -0.141. The molecule has 0 aromatic heterocycles. The summed E-state index contributed by atoms with van der Waals surface area (Å²) in [5.41, 5.74) is -0.684. The van der Waals surface area contributed by atoms with Gasteiger partial charge in [0.25, 0.3) is 0 Å². The molecule has 0 fully saturated rings. The van der Waals surface area contributed by atoms with Crippen molar-refractivity contribution >= 4 is 23.0 Å². The van der Waals surface area contributed by atoms with Crippen molar-refractivity contribution in [3.8, 4) is 5.75 Å². The van der Waals surface area contributed by atoms with Gasteiger partial charge in [-0.1, -0.05) is 30.3 Å². The molecule has 0 amide bonds. The summed E-state index contributed by atoms with van der Waals surface area (Å²) in [6.07, 6.45) is 1.42. The van der Waals surface area contributed by atoms with Gasteiger partial charge in [0, 0.05) is 11.8 Å². The Morgan fingerprint density at radius 2 is 1.89 bits per heavy atom. The third kappa shape index (κ3) is 2.57. The van der Waals surface area contributed by atoms with Gasteiger partial charge in [0.2, 0.25) is 0 Å². The van der Waals surface area contributed by atoms with E-state index in [-0.39, 0.29) is 5.75 Å². The molecule has 0 radical (unpaired) electrons. The van der Waals surface area contributed by atoms with E-state index in [2.05, 4.69) is 4.99 Å². The van der Waals surface area contributed by atoms with Crippen LogP contribution in [-0.4, -0.2) is 27.9 Å². The van der Waals surface area contributed by atoms with Gasteiger partial charge in [-0.25, -0.2) is 4.79 Å². The number of aromatic hydroxyl groups is 1. The Morgan fingerprint density at radius 3 is 2.58 bits per heavy atom. The molecule has 0 atom stereocenters. The number of carboxylic acid groups (broad SMARTS) is 1. The van der Waals surface area contributed by atoms with Crippen LogP contribution in [0.1, 0.15) is 19.4 Å². The van der Waals surface area contributed by atoms with Crippen LogP contribution in [-0.2, 0) is 4.79 Å². The molecule has 4 heteroatoms. The molecule has 0 aliphatic heterocycles. The van der Waals surface area contributed by atoms with Crippen molar-refractivity contribution in [2.75, 3.05) is 0 Å². The molecule has 2 N–H and O–H groups in total. The van der Waals surface area contributed by atoms with Crippen LogP contribution in [0.25, 0.3) is 10.8 Å². The summed E-state index contributed by atoms with van der Waals surface area (Å²) in [5.74, 6) is -0.924. The minimum absolute atomic E-state index is 0.0867. The van der Waals surface area contributed by atoms with Crippen LogP contribution in [0.4, 0.5) is 0 Å². The first-order valence-electron chi connectivity index (χ1n) is 5.91. The van der Waals surface area contributed by atoms with E-state index in [0.717, 1.165) is 10.8 Å². The van der Waals surface area contributed by atoms with Gasteiger partial charge in [0.15, 0.2) is 5.54 Å². The number of hydrogen-bond acceptors (Lipinski definition) is 3. The van der Waals surface area contributed by atoms with Gasteiger partial charge in [0.05, 0.1) is 0 Å². The normalized spacial score (nSPS) is 12.1. The molecule has 0 aliphatic carbocycles. The SMILES string of the molecule is CC(C)(N=Cc1c(O)ccc2ccccc12)C(=O)O. The molecule has 0 spiro atoms. The molecule has 2 aromatic rings. The van der Waals surface area contributed by atoms with Crippen molar-refractivity contribution < 1.29 is 15.0 Å². The molecule has 0 saturated heterocycles. The van der Waals surface area contributed by atoms with Crippen LogP contribution < -0.4 is 0 Å². The molecule has 2 aromatic carbocycles. The Balaban J connectivity index is 2.54. The summed E-state index contributed by atoms with van der Waals surface area (Å²) in [7, 11) is 0. The maximum atomic E-state index is 11.0. The number of nitrogens with zero attached hydrogens (tertiary/aromatic N) is 1. The smallest absolute Gasteiger partial charge is 0.330 e. The molecule has 0 unspecified atom stereocenters. The zero-order valence-corrected chi connectivity index (χ0v) is 10.8. The lowest BCUT2D eigenvalue weighted by atomic mass is 10.0. The van der Waals surface area contributed by atoms with Crippen molar-refractivity contribution in [3.05, 3.63) is 42.0 Å². The van der Waals surface area contributed by atoms with Gasteiger partial charge in [-0.15, -0.1) is 0 Å². The molecular formula is C15H15NO3. The second kappa shape index (κ2) is 4.72. The van der Waals surface area contributed by atoms with Crippen LogP contribution >= 0.6 is 0 Å². The van der Waals surface area contributed by atoms with E-state index in [1.807, 2.05) is 30.3 Å². The standard InChI is InChI=1S/C15H15NO3/c1-15(2,14(18)19)16-9-12-11-6-4-3-5-10(11)7-8-13(12)17/h3-9,17H,1-2H3,(H,18,19). The molecule has 98 valence electrons. The lowest BCUT2D eigenvalue weighted by Gasteiger charge is -2.13. The van der Waals surface area contributed by atoms with E-state index in [0.29, 0.717) is 5.56 Å². The van der Waals surface area contributed by atoms with Gasteiger partial charge < -0.3 is 10.2 Å². The second-order valence-corrected chi connectivity index (χ2v) is 4.84. The first-order chi connectivity index (χ1) is 8.92. The summed E-state index contributed by atoms with van der Waals surface area (Å²) in [4.78, 5) is 15.1. The fourth-order valence-corrected chi connectivity index (χ4v) is 1.70. The first kappa shape index (κ1) is 13.1. The molecule has 0 saturated carbocycles. The Labute approximate surface area is 111 Å². The van der Waals surface area contributed by atoms with E-state index in [1.165, 1.54) is 20.1 Å². The number of hydrogen-bond donors (Lipinski definition) is 2. The molecule has 4 nitrogen and oxygen atoms in total. The van der Waals surface area contributed by atoms with E-state index in [9.17, 15) is 9.90 Å². The number of carboxylic acids is 1. The maximum absolute atomic E-state index is 11.0. The van der Waals surface area contributed by atoms with Crippen LogP contribution in [0.2, 0.25) is 0 Å². The molecule has 0 heterocycles. The summed E-state index contributed by atoms with van der Waals surface area (Å²) in [6, 6.07) is 10.9. The maximum Gasteiger partial charge on any atom is 0.330 e. The van der Waals surface area contributed by atoms with Crippen molar-refractivity contribution in [3.63, 3.8) is 0 Å². The number of phenolic OH excluding ortho intramolecular Hbond substituents is 1. The lowest BCUT2D eigenvalue weighted by Crippen LogP contribution is -2.28. The topological polar surface area (TPSA) is 69.9 Å². The fourth-order valence-electron chi connectivity index (χ4n) is 1.70. The largest absolute Gasteiger partial charge is 0.507 e. The molecule has 19 heavy (non-hydrogen) atoms. The number of carbonyl (C=O) groups is 1. The van der Waals surface area contributed by atoms with Gasteiger partial charge in [0.1, 0.15) is 5.75 Å². The van der Waals surface area contributed by atoms with Crippen molar-refractivity contribution in [1.82, 2.24) is 0 Å². The molecule has 2 rings (SSSR count). The van der Waals surface area contributed by atoms with Gasteiger partial charge in [-0.2, -0.15) is 0 Å². The minimum atomic E-state index is -1.22. The first-order valence-corrected chi connectivity index (χ1v) is 5.91. The Hall–Kier alpha value is -2.36. The van der Waals surface area contributed by atoms with E-state index >= 15 is 0 Å². The van der Waals surface area contributed by atoms with Crippen LogP contribution in [0.3, 0.4) is 0 Å².